The minimum Gasteiger partial charge on any atom is -0.355 e. The summed E-state index contributed by atoms with van der Waals surface area (Å²) in [6, 6.07) is 5.28. The first-order valence-corrected chi connectivity index (χ1v) is 7.90. The fourth-order valence-corrected chi connectivity index (χ4v) is 2.90. The molecule has 1 aromatic carbocycles. The van der Waals surface area contributed by atoms with Crippen molar-refractivity contribution in [1.82, 2.24) is 15.1 Å². The number of rotatable bonds is 2. The second kappa shape index (κ2) is 6.86. The molecule has 2 aliphatic rings. The van der Waals surface area contributed by atoms with Crippen molar-refractivity contribution in [3.8, 4) is 0 Å². The Morgan fingerprint density at radius 3 is 2.29 bits per heavy atom. The van der Waals surface area contributed by atoms with E-state index < -0.39 is 0 Å². The highest BCUT2D eigenvalue weighted by Gasteiger charge is 2.33. The van der Waals surface area contributed by atoms with Crippen molar-refractivity contribution in [3.63, 3.8) is 0 Å². The standard InChI is InChI=1S/C16H19FN4O3/c17-12-1-3-13(4-2-12)19-16(24)21-7-5-20(6-8-21)15(23)11-9-14(22)18-10-11/h1-4,11H,5-10H2,(H,18,22)(H,19,24). The second-order valence-electron chi connectivity index (χ2n) is 5.95. The molecule has 2 N–H and O–H groups in total. The van der Waals surface area contributed by atoms with Crippen LogP contribution in [0.15, 0.2) is 24.3 Å². The topological polar surface area (TPSA) is 81.8 Å². The Hall–Kier alpha value is -2.64. The summed E-state index contributed by atoms with van der Waals surface area (Å²) in [6.45, 7) is 2.13. The molecule has 2 fully saturated rings. The molecule has 128 valence electrons. The van der Waals surface area contributed by atoms with Gasteiger partial charge in [-0.3, -0.25) is 9.59 Å². The number of urea groups is 1. The van der Waals surface area contributed by atoms with Crippen molar-refractivity contribution >= 4 is 23.5 Å². The molecule has 8 heteroatoms. The molecule has 4 amide bonds. The number of benzene rings is 1. The molecule has 3 rings (SSSR count). The van der Waals surface area contributed by atoms with Crippen molar-refractivity contribution in [2.45, 2.75) is 6.42 Å². The van der Waals surface area contributed by atoms with Gasteiger partial charge in [0.2, 0.25) is 11.8 Å². The average Bonchev–Trinajstić information content (AvgIpc) is 3.03. The number of carbonyl (C=O) groups excluding carboxylic acids is 3. The molecule has 2 heterocycles. The number of hydrogen-bond donors (Lipinski definition) is 2. The van der Waals surface area contributed by atoms with Gasteiger partial charge in [0, 0.05) is 44.8 Å². The van der Waals surface area contributed by atoms with E-state index in [4.69, 9.17) is 0 Å². The summed E-state index contributed by atoms with van der Waals surface area (Å²) in [5.41, 5.74) is 0.524. The first kappa shape index (κ1) is 16.2. The number of amides is 4. The lowest BCUT2D eigenvalue weighted by Crippen LogP contribution is -2.53. The second-order valence-corrected chi connectivity index (χ2v) is 5.95. The molecule has 0 spiro atoms. The van der Waals surface area contributed by atoms with Crippen LogP contribution in [0.5, 0.6) is 0 Å². The summed E-state index contributed by atoms with van der Waals surface area (Å²) in [4.78, 5) is 39.0. The fourth-order valence-electron chi connectivity index (χ4n) is 2.90. The van der Waals surface area contributed by atoms with Crippen molar-refractivity contribution in [2.75, 3.05) is 38.0 Å². The predicted molar refractivity (Wildman–Crippen MR) is 84.7 cm³/mol. The van der Waals surface area contributed by atoms with E-state index in [0.717, 1.165) is 0 Å². The van der Waals surface area contributed by atoms with Crippen LogP contribution >= 0.6 is 0 Å². The highest BCUT2D eigenvalue weighted by Crippen LogP contribution is 2.15. The summed E-state index contributed by atoms with van der Waals surface area (Å²) in [5.74, 6) is -0.783. The molecule has 0 radical (unpaired) electrons. The number of hydrogen-bond acceptors (Lipinski definition) is 3. The molecule has 1 atom stereocenters. The number of piperazine rings is 1. The van der Waals surface area contributed by atoms with E-state index in [2.05, 4.69) is 10.6 Å². The maximum Gasteiger partial charge on any atom is 0.321 e. The predicted octanol–water partition coefficient (Wildman–Crippen LogP) is 0.638. The van der Waals surface area contributed by atoms with Crippen LogP contribution in [-0.2, 0) is 9.59 Å². The number of nitrogens with one attached hydrogen (secondary N) is 2. The lowest BCUT2D eigenvalue weighted by molar-refractivity contribution is -0.137. The van der Waals surface area contributed by atoms with Crippen molar-refractivity contribution in [3.05, 3.63) is 30.1 Å². The Labute approximate surface area is 138 Å². The zero-order chi connectivity index (χ0) is 17.1. The molecule has 2 aliphatic heterocycles. The zero-order valence-corrected chi connectivity index (χ0v) is 13.1. The van der Waals surface area contributed by atoms with E-state index in [0.29, 0.717) is 38.4 Å². The van der Waals surface area contributed by atoms with Crippen LogP contribution in [0.3, 0.4) is 0 Å². The van der Waals surface area contributed by atoms with Crippen LogP contribution in [0.4, 0.5) is 14.9 Å². The molecular formula is C16H19FN4O3. The zero-order valence-electron chi connectivity index (χ0n) is 13.1. The number of nitrogens with zero attached hydrogens (tertiary/aromatic N) is 2. The van der Waals surface area contributed by atoms with Gasteiger partial charge in [0.1, 0.15) is 5.82 Å². The third-order valence-corrected chi connectivity index (χ3v) is 4.30. The van der Waals surface area contributed by atoms with Gasteiger partial charge in [0.15, 0.2) is 0 Å². The molecule has 24 heavy (non-hydrogen) atoms. The largest absolute Gasteiger partial charge is 0.355 e. The fraction of sp³-hybridized carbons (Fsp3) is 0.438. The SMILES string of the molecule is O=C1CC(C(=O)N2CCN(C(=O)Nc3ccc(F)cc3)CC2)CN1. The van der Waals surface area contributed by atoms with Crippen LogP contribution in [0.1, 0.15) is 6.42 Å². The normalized spacial score (nSPS) is 20.7. The molecule has 0 saturated carbocycles. The van der Waals surface area contributed by atoms with Gasteiger partial charge in [-0.2, -0.15) is 0 Å². The van der Waals surface area contributed by atoms with Gasteiger partial charge in [-0.1, -0.05) is 0 Å². The monoisotopic (exact) mass is 334 g/mol. The van der Waals surface area contributed by atoms with Gasteiger partial charge < -0.3 is 20.4 Å². The maximum atomic E-state index is 12.9. The third-order valence-electron chi connectivity index (χ3n) is 4.30. The molecule has 2 saturated heterocycles. The summed E-state index contributed by atoms with van der Waals surface area (Å²) < 4.78 is 12.9. The Kier molecular flexibility index (Phi) is 4.64. The Morgan fingerprint density at radius 2 is 1.71 bits per heavy atom. The lowest BCUT2D eigenvalue weighted by Gasteiger charge is -2.35. The van der Waals surface area contributed by atoms with E-state index in [1.165, 1.54) is 24.3 Å². The quantitative estimate of drug-likeness (QED) is 0.833. The summed E-state index contributed by atoms with van der Waals surface area (Å²) in [7, 11) is 0. The summed E-state index contributed by atoms with van der Waals surface area (Å²) in [5, 5.41) is 5.37. The number of carbonyl (C=O) groups is 3. The average molecular weight is 334 g/mol. The van der Waals surface area contributed by atoms with E-state index >= 15 is 0 Å². The Bertz CT molecular complexity index is 641. The minimum atomic E-state index is -0.361. The first-order valence-electron chi connectivity index (χ1n) is 7.90. The van der Waals surface area contributed by atoms with E-state index in [9.17, 15) is 18.8 Å². The van der Waals surface area contributed by atoms with Gasteiger partial charge in [-0.15, -0.1) is 0 Å². The number of anilines is 1. The third kappa shape index (κ3) is 3.64. The lowest BCUT2D eigenvalue weighted by atomic mass is 10.1. The molecule has 0 bridgehead atoms. The van der Waals surface area contributed by atoms with Gasteiger partial charge in [-0.25, -0.2) is 9.18 Å². The van der Waals surface area contributed by atoms with E-state index in [-0.39, 0.29) is 36.0 Å². The van der Waals surface area contributed by atoms with Crippen LogP contribution in [0, 0.1) is 11.7 Å². The van der Waals surface area contributed by atoms with E-state index in [1.807, 2.05) is 0 Å². The van der Waals surface area contributed by atoms with Gasteiger partial charge in [-0.05, 0) is 24.3 Å². The van der Waals surface area contributed by atoms with Gasteiger partial charge in [0.25, 0.3) is 0 Å². The summed E-state index contributed by atoms with van der Waals surface area (Å²) in [6.07, 6.45) is 0.240. The number of halogens is 1. The molecular weight excluding hydrogens is 315 g/mol. The Balaban J connectivity index is 1.49. The van der Waals surface area contributed by atoms with Crippen molar-refractivity contribution < 1.29 is 18.8 Å². The van der Waals surface area contributed by atoms with Crippen LogP contribution in [0.2, 0.25) is 0 Å². The van der Waals surface area contributed by atoms with Crippen LogP contribution in [0.25, 0.3) is 0 Å². The van der Waals surface area contributed by atoms with Gasteiger partial charge in [0.05, 0.1) is 5.92 Å². The van der Waals surface area contributed by atoms with E-state index in [1.54, 1.807) is 9.80 Å². The highest BCUT2D eigenvalue weighted by atomic mass is 19.1. The molecule has 1 unspecified atom stereocenters. The molecule has 7 nitrogen and oxygen atoms in total. The highest BCUT2D eigenvalue weighted by molar-refractivity contribution is 5.90. The molecule has 0 aliphatic carbocycles. The summed E-state index contributed by atoms with van der Waals surface area (Å²) >= 11 is 0. The van der Waals surface area contributed by atoms with Crippen molar-refractivity contribution in [1.29, 1.82) is 0 Å². The van der Waals surface area contributed by atoms with Crippen molar-refractivity contribution in [2.24, 2.45) is 5.92 Å². The van der Waals surface area contributed by atoms with Crippen LogP contribution < -0.4 is 10.6 Å². The Morgan fingerprint density at radius 1 is 1.08 bits per heavy atom. The molecule has 0 aromatic heterocycles. The van der Waals surface area contributed by atoms with Crippen LogP contribution in [-0.4, -0.2) is 60.4 Å². The smallest absolute Gasteiger partial charge is 0.321 e. The molecule has 1 aromatic rings. The minimum absolute atomic E-state index is 0.0352. The van der Waals surface area contributed by atoms with Gasteiger partial charge >= 0.3 is 6.03 Å². The first-order chi connectivity index (χ1) is 11.5. The maximum absolute atomic E-state index is 12.9.